The number of halogens is 1. The minimum atomic E-state index is -3.69. The highest BCUT2D eigenvalue weighted by Gasteiger charge is 2.34. The van der Waals surface area contributed by atoms with E-state index in [1.54, 1.807) is 23.0 Å². The summed E-state index contributed by atoms with van der Waals surface area (Å²) in [6.07, 6.45) is 2.76. The largest absolute Gasteiger partial charge is 0.401 e. The number of anilines is 1. The summed E-state index contributed by atoms with van der Waals surface area (Å²) >= 11 is 6.88. The van der Waals surface area contributed by atoms with Crippen LogP contribution in [0.3, 0.4) is 0 Å². The maximum Gasteiger partial charge on any atom is 0.322 e. The molecule has 166 valence electrons. The quantitative estimate of drug-likeness (QED) is 0.569. The fourth-order valence-electron chi connectivity index (χ4n) is 3.42. The average Bonchev–Trinajstić information content (AvgIpc) is 3.48. The van der Waals surface area contributed by atoms with Gasteiger partial charge in [0.25, 0.3) is 15.9 Å². The highest BCUT2D eigenvalue weighted by molar-refractivity contribution is 7.91. The summed E-state index contributed by atoms with van der Waals surface area (Å²) < 4.78 is 34.9. The van der Waals surface area contributed by atoms with Crippen LogP contribution in [0, 0.1) is 5.92 Å². The van der Waals surface area contributed by atoms with Crippen molar-refractivity contribution in [3.05, 3.63) is 28.7 Å². The SMILES string of the molecule is CC(C)n1nccc1-c1nnc(NC(=O)C2CCCN(S(=O)(=O)c3ccc(Cl)s3)C2)o1. The molecule has 13 heteroatoms. The molecule has 1 aliphatic rings. The highest BCUT2D eigenvalue weighted by Crippen LogP contribution is 2.31. The molecule has 3 aromatic rings. The van der Waals surface area contributed by atoms with E-state index in [2.05, 4.69) is 20.6 Å². The molecule has 10 nitrogen and oxygen atoms in total. The fraction of sp³-hybridized carbons (Fsp3) is 0.444. The van der Waals surface area contributed by atoms with Crippen molar-refractivity contribution in [1.82, 2.24) is 24.3 Å². The Bertz CT molecular complexity index is 1190. The topological polar surface area (TPSA) is 123 Å². The lowest BCUT2D eigenvalue weighted by atomic mass is 9.99. The number of hydrogen-bond donors (Lipinski definition) is 1. The Labute approximate surface area is 188 Å². The summed E-state index contributed by atoms with van der Waals surface area (Å²) in [5, 5.41) is 14.7. The summed E-state index contributed by atoms with van der Waals surface area (Å²) in [6, 6.07) is 4.84. The molecule has 0 bridgehead atoms. The second-order valence-corrected chi connectivity index (χ2v) is 11.3. The average molecular weight is 485 g/mol. The Morgan fingerprint density at radius 1 is 1.32 bits per heavy atom. The fourth-order valence-corrected chi connectivity index (χ4v) is 6.58. The summed E-state index contributed by atoms with van der Waals surface area (Å²) in [4.78, 5) is 12.8. The van der Waals surface area contributed by atoms with E-state index in [4.69, 9.17) is 16.0 Å². The van der Waals surface area contributed by atoms with Crippen molar-refractivity contribution in [3.63, 3.8) is 0 Å². The molecule has 1 saturated heterocycles. The van der Waals surface area contributed by atoms with Crippen molar-refractivity contribution in [2.24, 2.45) is 5.92 Å². The number of nitrogens with one attached hydrogen (secondary N) is 1. The van der Waals surface area contributed by atoms with Gasteiger partial charge in [-0.2, -0.15) is 9.40 Å². The van der Waals surface area contributed by atoms with Gasteiger partial charge in [-0.1, -0.05) is 16.7 Å². The molecule has 1 unspecified atom stereocenters. The number of piperidine rings is 1. The Hall–Kier alpha value is -2.28. The molecule has 1 N–H and O–H groups in total. The molecule has 0 spiro atoms. The van der Waals surface area contributed by atoms with Crippen molar-refractivity contribution in [2.75, 3.05) is 18.4 Å². The molecule has 3 aromatic heterocycles. The maximum atomic E-state index is 12.8. The number of rotatable bonds is 6. The number of amides is 1. The molecule has 31 heavy (non-hydrogen) atoms. The summed E-state index contributed by atoms with van der Waals surface area (Å²) in [5.41, 5.74) is 0.646. The maximum absolute atomic E-state index is 12.8. The van der Waals surface area contributed by atoms with Crippen LogP contribution in [0.2, 0.25) is 4.34 Å². The van der Waals surface area contributed by atoms with E-state index < -0.39 is 15.9 Å². The van der Waals surface area contributed by atoms with Crippen LogP contribution in [0.5, 0.6) is 0 Å². The van der Waals surface area contributed by atoms with E-state index in [1.165, 1.54) is 10.4 Å². The van der Waals surface area contributed by atoms with Crippen molar-refractivity contribution in [3.8, 4) is 11.6 Å². The molecule has 0 saturated carbocycles. The molecule has 1 aliphatic heterocycles. The Balaban J connectivity index is 1.44. The van der Waals surface area contributed by atoms with Crippen LogP contribution in [-0.2, 0) is 14.8 Å². The van der Waals surface area contributed by atoms with Gasteiger partial charge in [0, 0.05) is 25.3 Å². The third-order valence-corrected chi connectivity index (χ3v) is 8.49. The number of hydrogen-bond acceptors (Lipinski definition) is 8. The first-order chi connectivity index (χ1) is 14.8. The number of thiophene rings is 1. The molecule has 1 fully saturated rings. The standard InChI is InChI=1S/C18H21ClN6O4S2/c1-11(2)25-13(7-8-20-25)17-22-23-18(29-17)21-16(26)12-4-3-9-24(10-12)31(27,28)15-6-5-14(19)30-15/h5-8,11-12H,3-4,9-10H2,1-2H3,(H,21,23,26). The van der Waals surface area contributed by atoms with E-state index in [1.807, 2.05) is 13.8 Å². The molecule has 1 amide bonds. The zero-order valence-electron chi connectivity index (χ0n) is 16.9. The number of carbonyl (C=O) groups is 1. The van der Waals surface area contributed by atoms with E-state index >= 15 is 0 Å². The smallest absolute Gasteiger partial charge is 0.322 e. The van der Waals surface area contributed by atoms with Gasteiger partial charge in [-0.25, -0.2) is 8.42 Å². The monoisotopic (exact) mass is 484 g/mol. The van der Waals surface area contributed by atoms with Crippen LogP contribution >= 0.6 is 22.9 Å². The summed E-state index contributed by atoms with van der Waals surface area (Å²) in [5.74, 6) is -0.656. The van der Waals surface area contributed by atoms with Gasteiger partial charge in [-0.3, -0.25) is 14.8 Å². The van der Waals surface area contributed by atoms with Crippen molar-refractivity contribution >= 4 is 44.9 Å². The van der Waals surface area contributed by atoms with E-state index in [-0.39, 0.29) is 34.6 Å². The van der Waals surface area contributed by atoms with Crippen LogP contribution in [0.25, 0.3) is 11.6 Å². The Kier molecular flexibility index (Phi) is 6.15. The van der Waals surface area contributed by atoms with Gasteiger partial charge >= 0.3 is 6.01 Å². The lowest BCUT2D eigenvalue weighted by molar-refractivity contribution is -0.121. The Morgan fingerprint density at radius 2 is 2.13 bits per heavy atom. The predicted molar refractivity (Wildman–Crippen MR) is 115 cm³/mol. The van der Waals surface area contributed by atoms with Gasteiger partial charge in [0.1, 0.15) is 9.90 Å². The van der Waals surface area contributed by atoms with E-state index in [9.17, 15) is 13.2 Å². The third kappa shape index (κ3) is 4.52. The Morgan fingerprint density at radius 3 is 2.84 bits per heavy atom. The minimum absolute atomic E-state index is 0.0403. The van der Waals surface area contributed by atoms with E-state index in [0.717, 1.165) is 11.3 Å². The van der Waals surface area contributed by atoms with Crippen LogP contribution in [0.1, 0.15) is 32.7 Å². The lowest BCUT2D eigenvalue weighted by Crippen LogP contribution is -2.43. The molecular formula is C18H21ClN6O4S2. The van der Waals surface area contributed by atoms with Crippen LogP contribution in [-0.4, -0.2) is 51.7 Å². The number of carbonyl (C=O) groups excluding carboxylic acids is 1. The normalized spacial score (nSPS) is 17.9. The van der Waals surface area contributed by atoms with Crippen molar-refractivity contribution < 1.29 is 17.6 Å². The first kappa shape index (κ1) is 21.9. The number of aromatic nitrogens is 4. The van der Waals surface area contributed by atoms with Gasteiger partial charge in [0.15, 0.2) is 0 Å². The minimum Gasteiger partial charge on any atom is -0.401 e. The molecule has 4 heterocycles. The molecule has 0 aromatic carbocycles. The van der Waals surface area contributed by atoms with Crippen LogP contribution in [0.4, 0.5) is 6.01 Å². The zero-order valence-corrected chi connectivity index (χ0v) is 19.2. The van der Waals surface area contributed by atoms with E-state index in [0.29, 0.717) is 29.4 Å². The van der Waals surface area contributed by atoms with Crippen LogP contribution in [0.15, 0.2) is 33.0 Å². The third-order valence-electron chi connectivity index (χ3n) is 4.93. The van der Waals surface area contributed by atoms with Gasteiger partial charge in [0.05, 0.1) is 10.3 Å². The van der Waals surface area contributed by atoms with Gasteiger partial charge in [-0.15, -0.1) is 16.4 Å². The first-order valence-corrected chi connectivity index (χ1v) is 12.3. The van der Waals surface area contributed by atoms with Gasteiger partial charge in [0.2, 0.25) is 5.91 Å². The van der Waals surface area contributed by atoms with Crippen molar-refractivity contribution in [2.45, 2.75) is 36.9 Å². The molecule has 1 atom stereocenters. The lowest BCUT2D eigenvalue weighted by Gasteiger charge is -2.30. The second-order valence-electron chi connectivity index (χ2n) is 7.42. The number of sulfonamides is 1. The molecule has 0 aliphatic carbocycles. The van der Waals surface area contributed by atoms with Gasteiger partial charge < -0.3 is 4.42 Å². The number of nitrogens with zero attached hydrogens (tertiary/aromatic N) is 5. The van der Waals surface area contributed by atoms with Gasteiger partial charge in [-0.05, 0) is 44.9 Å². The van der Waals surface area contributed by atoms with Crippen LogP contribution < -0.4 is 5.32 Å². The van der Waals surface area contributed by atoms with Crippen molar-refractivity contribution in [1.29, 1.82) is 0 Å². The molecular weight excluding hydrogens is 464 g/mol. The molecule has 0 radical (unpaired) electrons. The highest BCUT2D eigenvalue weighted by atomic mass is 35.5. The second kappa shape index (κ2) is 8.69. The first-order valence-electron chi connectivity index (χ1n) is 9.69. The summed E-state index contributed by atoms with van der Waals surface area (Å²) in [6.45, 7) is 4.38. The molecule has 4 rings (SSSR count). The predicted octanol–water partition coefficient (Wildman–Crippen LogP) is 3.27. The summed E-state index contributed by atoms with van der Waals surface area (Å²) in [7, 11) is -3.69. The zero-order chi connectivity index (χ0) is 22.2.